The van der Waals surface area contributed by atoms with E-state index in [0.717, 1.165) is 0 Å². The fraction of sp³-hybridized carbons (Fsp3) is 0.818. The average molecular weight is 209 g/mol. The van der Waals surface area contributed by atoms with Crippen LogP contribution in [0.1, 0.15) is 26.2 Å². The zero-order valence-corrected chi connectivity index (χ0v) is 8.81. The van der Waals surface area contributed by atoms with Gasteiger partial charge in [0.05, 0.1) is 12.5 Å². The van der Waals surface area contributed by atoms with Gasteiger partial charge in [0, 0.05) is 0 Å². The van der Waals surface area contributed by atoms with Crippen LogP contribution in [-0.4, -0.2) is 24.4 Å². The number of rotatable bonds is 2. The van der Waals surface area contributed by atoms with Crippen molar-refractivity contribution in [3.05, 3.63) is 0 Å². The van der Waals surface area contributed by atoms with Crippen molar-refractivity contribution in [2.24, 2.45) is 22.9 Å². The van der Waals surface area contributed by atoms with E-state index < -0.39 is 0 Å². The molecule has 2 aliphatic carbocycles. The third kappa shape index (κ3) is 1.20. The van der Waals surface area contributed by atoms with Gasteiger partial charge in [0.25, 0.3) is 0 Å². The SMILES string of the molecule is CCOC(=O)C1=NOC2C3CCC(C3)C12. The first kappa shape index (κ1) is 9.19. The number of hydrogen-bond acceptors (Lipinski definition) is 4. The third-order valence-electron chi connectivity index (χ3n) is 3.91. The molecule has 2 bridgehead atoms. The number of carbonyl (C=O) groups excluding carboxylic acids is 1. The molecule has 4 nitrogen and oxygen atoms in total. The summed E-state index contributed by atoms with van der Waals surface area (Å²) in [6.07, 6.45) is 3.82. The molecule has 2 saturated carbocycles. The molecule has 4 heteroatoms. The van der Waals surface area contributed by atoms with Crippen molar-refractivity contribution in [3.63, 3.8) is 0 Å². The summed E-state index contributed by atoms with van der Waals surface area (Å²) in [5.74, 6) is 1.17. The second kappa shape index (κ2) is 3.22. The van der Waals surface area contributed by atoms with Crippen LogP contribution in [0.5, 0.6) is 0 Å². The Labute approximate surface area is 88.6 Å². The second-order valence-corrected chi connectivity index (χ2v) is 4.63. The maximum atomic E-state index is 11.6. The third-order valence-corrected chi connectivity index (χ3v) is 3.91. The van der Waals surface area contributed by atoms with Crippen molar-refractivity contribution >= 4 is 11.7 Å². The molecule has 0 aromatic rings. The Morgan fingerprint density at radius 2 is 2.33 bits per heavy atom. The summed E-state index contributed by atoms with van der Waals surface area (Å²) >= 11 is 0. The van der Waals surface area contributed by atoms with Crippen LogP contribution in [-0.2, 0) is 14.4 Å². The molecule has 1 heterocycles. The largest absolute Gasteiger partial charge is 0.461 e. The quantitative estimate of drug-likeness (QED) is 0.645. The van der Waals surface area contributed by atoms with Gasteiger partial charge in [-0.25, -0.2) is 4.79 Å². The number of carbonyl (C=O) groups is 1. The molecule has 4 atom stereocenters. The lowest BCUT2D eigenvalue weighted by Gasteiger charge is -2.22. The molecule has 2 fully saturated rings. The summed E-state index contributed by atoms with van der Waals surface area (Å²) in [5.41, 5.74) is 0.536. The Morgan fingerprint density at radius 1 is 1.53 bits per heavy atom. The fourth-order valence-corrected chi connectivity index (χ4v) is 3.33. The van der Waals surface area contributed by atoms with Gasteiger partial charge in [0.2, 0.25) is 0 Å². The predicted molar refractivity (Wildman–Crippen MR) is 53.3 cm³/mol. The molecule has 0 saturated heterocycles. The second-order valence-electron chi connectivity index (χ2n) is 4.63. The van der Waals surface area contributed by atoms with Gasteiger partial charge in [0.1, 0.15) is 6.10 Å². The van der Waals surface area contributed by atoms with Gasteiger partial charge in [0.15, 0.2) is 5.71 Å². The highest BCUT2D eigenvalue weighted by Crippen LogP contribution is 2.52. The lowest BCUT2D eigenvalue weighted by molar-refractivity contribution is -0.135. The van der Waals surface area contributed by atoms with Crippen LogP contribution >= 0.6 is 0 Å². The van der Waals surface area contributed by atoms with Crippen LogP contribution in [0, 0.1) is 17.8 Å². The van der Waals surface area contributed by atoms with E-state index in [2.05, 4.69) is 5.16 Å². The number of hydrogen-bond donors (Lipinski definition) is 0. The Kier molecular flexibility index (Phi) is 1.97. The van der Waals surface area contributed by atoms with Crippen LogP contribution in [0.4, 0.5) is 0 Å². The molecule has 1 aliphatic heterocycles. The Balaban J connectivity index is 1.79. The van der Waals surface area contributed by atoms with Crippen molar-refractivity contribution in [2.75, 3.05) is 6.61 Å². The van der Waals surface area contributed by atoms with E-state index in [1.807, 2.05) is 6.92 Å². The molecule has 15 heavy (non-hydrogen) atoms. The molecule has 0 spiro atoms. The zero-order valence-electron chi connectivity index (χ0n) is 8.81. The molecule has 0 radical (unpaired) electrons. The maximum absolute atomic E-state index is 11.6. The van der Waals surface area contributed by atoms with E-state index in [9.17, 15) is 4.79 Å². The lowest BCUT2D eigenvalue weighted by Crippen LogP contribution is -2.34. The minimum Gasteiger partial charge on any atom is -0.461 e. The summed E-state index contributed by atoms with van der Waals surface area (Å²) < 4.78 is 4.99. The van der Waals surface area contributed by atoms with Gasteiger partial charge < -0.3 is 9.57 Å². The minimum absolute atomic E-state index is 0.170. The monoisotopic (exact) mass is 209 g/mol. The van der Waals surface area contributed by atoms with Gasteiger partial charge in [-0.3, -0.25) is 0 Å². The number of oxime groups is 1. The molecule has 3 rings (SSSR count). The number of fused-ring (bicyclic) bond motifs is 5. The molecule has 0 aromatic carbocycles. The summed E-state index contributed by atoms with van der Waals surface area (Å²) in [5, 5.41) is 3.92. The smallest absolute Gasteiger partial charge is 0.356 e. The first-order valence-corrected chi connectivity index (χ1v) is 5.72. The fourth-order valence-electron chi connectivity index (χ4n) is 3.33. The topological polar surface area (TPSA) is 47.9 Å². The van der Waals surface area contributed by atoms with Crippen molar-refractivity contribution in [3.8, 4) is 0 Å². The Hall–Kier alpha value is -1.06. The highest BCUT2D eigenvalue weighted by Gasteiger charge is 2.56. The average Bonchev–Trinajstić information content (AvgIpc) is 2.90. The first-order chi connectivity index (χ1) is 7.31. The molecule has 82 valence electrons. The van der Waals surface area contributed by atoms with E-state index in [-0.39, 0.29) is 18.0 Å². The van der Waals surface area contributed by atoms with Crippen LogP contribution in [0.25, 0.3) is 0 Å². The Bertz CT molecular complexity index is 326. The van der Waals surface area contributed by atoms with Crippen molar-refractivity contribution in [1.29, 1.82) is 0 Å². The van der Waals surface area contributed by atoms with E-state index in [1.54, 1.807) is 0 Å². The van der Waals surface area contributed by atoms with E-state index in [1.165, 1.54) is 19.3 Å². The number of nitrogens with zero attached hydrogens (tertiary/aromatic N) is 1. The number of ether oxygens (including phenoxy) is 1. The van der Waals surface area contributed by atoms with Gasteiger partial charge in [-0.05, 0) is 38.0 Å². The van der Waals surface area contributed by atoms with E-state index in [4.69, 9.17) is 9.57 Å². The summed E-state index contributed by atoms with van der Waals surface area (Å²) in [7, 11) is 0. The van der Waals surface area contributed by atoms with E-state index in [0.29, 0.717) is 24.2 Å². The maximum Gasteiger partial charge on any atom is 0.356 e. The van der Waals surface area contributed by atoms with Crippen LogP contribution in [0.2, 0.25) is 0 Å². The molecular formula is C11H15NO3. The first-order valence-electron chi connectivity index (χ1n) is 5.72. The predicted octanol–water partition coefficient (Wildman–Crippen LogP) is 1.35. The van der Waals surface area contributed by atoms with Gasteiger partial charge in [-0.2, -0.15) is 0 Å². The zero-order chi connectivity index (χ0) is 10.4. The molecule has 0 N–H and O–H groups in total. The Morgan fingerprint density at radius 3 is 3.13 bits per heavy atom. The molecule has 3 aliphatic rings. The lowest BCUT2D eigenvalue weighted by atomic mass is 9.83. The molecular weight excluding hydrogens is 194 g/mol. The van der Waals surface area contributed by atoms with Gasteiger partial charge in [-0.1, -0.05) is 5.16 Å². The minimum atomic E-state index is -0.280. The van der Waals surface area contributed by atoms with E-state index >= 15 is 0 Å². The van der Waals surface area contributed by atoms with Gasteiger partial charge >= 0.3 is 5.97 Å². The summed E-state index contributed by atoms with van der Waals surface area (Å²) in [4.78, 5) is 17.0. The van der Waals surface area contributed by atoms with Crippen LogP contribution < -0.4 is 0 Å². The normalized spacial score (nSPS) is 41.0. The van der Waals surface area contributed by atoms with Crippen molar-refractivity contribution in [2.45, 2.75) is 32.3 Å². The highest BCUT2D eigenvalue weighted by molar-refractivity contribution is 6.37. The van der Waals surface area contributed by atoms with Crippen LogP contribution in [0.3, 0.4) is 0 Å². The van der Waals surface area contributed by atoms with Crippen molar-refractivity contribution < 1.29 is 14.4 Å². The standard InChI is InChI=1S/C11H15NO3/c1-2-14-11(13)9-8-6-3-4-7(5-6)10(8)15-12-9/h6-8,10H,2-5H2,1H3. The molecule has 0 aromatic heterocycles. The van der Waals surface area contributed by atoms with Crippen LogP contribution in [0.15, 0.2) is 5.16 Å². The number of esters is 1. The van der Waals surface area contributed by atoms with Crippen molar-refractivity contribution in [1.82, 2.24) is 0 Å². The summed E-state index contributed by atoms with van der Waals surface area (Å²) in [6.45, 7) is 2.22. The van der Waals surface area contributed by atoms with Gasteiger partial charge in [-0.15, -0.1) is 0 Å². The molecule has 0 amide bonds. The highest BCUT2D eigenvalue weighted by atomic mass is 16.6. The molecule has 4 unspecified atom stereocenters. The summed E-state index contributed by atoms with van der Waals surface area (Å²) in [6, 6.07) is 0.